The number of rotatable bonds is 11. The van der Waals surface area contributed by atoms with Gasteiger partial charge in [0.25, 0.3) is 0 Å². The van der Waals surface area contributed by atoms with E-state index < -0.39 is 12.1 Å². The summed E-state index contributed by atoms with van der Waals surface area (Å²) < 4.78 is 0. The minimum Gasteiger partial charge on any atom is -0.352 e. The highest BCUT2D eigenvalue weighted by atomic mass is 16.2. The first kappa shape index (κ1) is 23.2. The number of hydrogen-bond acceptors (Lipinski definition) is 4. The standard InChI is InChI=1S/C17H35N5O3/c1-10(2)14(20-11(3)4)16(24)22-13(15(23)21-12(5)6)8-7-9-19-17(18)25/h10-14,20H,7-9H2,1-6H3,(H,21,23)(H,22,24)(H3,18,19,25). The van der Waals surface area contributed by atoms with E-state index in [-0.39, 0.29) is 35.9 Å². The highest BCUT2D eigenvalue weighted by molar-refractivity contribution is 5.90. The molecule has 0 rings (SSSR count). The van der Waals surface area contributed by atoms with Gasteiger partial charge in [-0.3, -0.25) is 9.59 Å². The predicted molar refractivity (Wildman–Crippen MR) is 98.9 cm³/mol. The molecule has 0 aromatic carbocycles. The van der Waals surface area contributed by atoms with Crippen LogP contribution in [0.3, 0.4) is 0 Å². The Balaban J connectivity index is 4.90. The first-order valence-electron chi connectivity index (χ1n) is 8.94. The van der Waals surface area contributed by atoms with Gasteiger partial charge in [0.1, 0.15) is 6.04 Å². The van der Waals surface area contributed by atoms with Crippen LogP contribution in [-0.4, -0.2) is 48.6 Å². The van der Waals surface area contributed by atoms with Crippen molar-refractivity contribution in [3.05, 3.63) is 0 Å². The summed E-state index contributed by atoms with van der Waals surface area (Å²) in [6.07, 6.45) is 0.945. The van der Waals surface area contributed by atoms with Crippen LogP contribution in [0.2, 0.25) is 0 Å². The zero-order chi connectivity index (χ0) is 19.6. The number of primary amides is 1. The van der Waals surface area contributed by atoms with E-state index in [1.165, 1.54) is 0 Å². The van der Waals surface area contributed by atoms with Gasteiger partial charge in [-0.25, -0.2) is 4.79 Å². The van der Waals surface area contributed by atoms with E-state index >= 15 is 0 Å². The second-order valence-corrected chi connectivity index (χ2v) is 7.20. The van der Waals surface area contributed by atoms with Crippen LogP contribution >= 0.6 is 0 Å². The Bertz CT molecular complexity index is 438. The van der Waals surface area contributed by atoms with Crippen molar-refractivity contribution in [1.82, 2.24) is 21.3 Å². The van der Waals surface area contributed by atoms with Gasteiger partial charge in [-0.2, -0.15) is 0 Å². The summed E-state index contributed by atoms with van der Waals surface area (Å²) >= 11 is 0. The minimum atomic E-state index is -0.653. The van der Waals surface area contributed by atoms with E-state index in [4.69, 9.17) is 5.73 Å². The lowest BCUT2D eigenvalue weighted by molar-refractivity contribution is -0.131. The molecule has 8 heteroatoms. The van der Waals surface area contributed by atoms with Crippen LogP contribution in [0.15, 0.2) is 0 Å². The first-order chi connectivity index (χ1) is 11.5. The Kier molecular flexibility index (Phi) is 10.8. The van der Waals surface area contributed by atoms with Gasteiger partial charge in [-0.1, -0.05) is 27.7 Å². The van der Waals surface area contributed by atoms with Gasteiger partial charge in [0.05, 0.1) is 6.04 Å². The molecule has 0 heterocycles. The van der Waals surface area contributed by atoms with E-state index in [1.807, 2.05) is 41.5 Å². The Morgan fingerprint density at radius 1 is 0.880 bits per heavy atom. The van der Waals surface area contributed by atoms with Crippen LogP contribution < -0.4 is 27.0 Å². The molecule has 2 unspecified atom stereocenters. The summed E-state index contributed by atoms with van der Waals surface area (Å²) in [4.78, 5) is 35.7. The van der Waals surface area contributed by atoms with E-state index in [1.54, 1.807) is 0 Å². The molecular weight excluding hydrogens is 322 g/mol. The Hall–Kier alpha value is -1.83. The number of nitrogens with two attached hydrogens (primary N) is 1. The van der Waals surface area contributed by atoms with E-state index in [0.717, 1.165) is 0 Å². The first-order valence-corrected chi connectivity index (χ1v) is 8.94. The Morgan fingerprint density at radius 3 is 1.92 bits per heavy atom. The highest BCUT2D eigenvalue weighted by Gasteiger charge is 2.27. The molecule has 25 heavy (non-hydrogen) atoms. The molecule has 0 saturated heterocycles. The molecule has 0 aliphatic heterocycles. The fourth-order valence-electron chi connectivity index (χ4n) is 2.36. The van der Waals surface area contributed by atoms with Crippen LogP contribution in [-0.2, 0) is 9.59 Å². The van der Waals surface area contributed by atoms with Crippen molar-refractivity contribution >= 4 is 17.8 Å². The number of nitrogens with one attached hydrogen (secondary N) is 4. The molecule has 0 aliphatic rings. The predicted octanol–water partition coefficient (Wildman–Crippen LogP) is 0.467. The van der Waals surface area contributed by atoms with Crippen molar-refractivity contribution in [1.29, 1.82) is 0 Å². The largest absolute Gasteiger partial charge is 0.352 e. The number of amides is 4. The second-order valence-electron chi connectivity index (χ2n) is 7.20. The van der Waals surface area contributed by atoms with Gasteiger partial charge in [0.2, 0.25) is 11.8 Å². The smallest absolute Gasteiger partial charge is 0.312 e. The number of urea groups is 1. The van der Waals surface area contributed by atoms with E-state index in [9.17, 15) is 14.4 Å². The molecule has 0 aromatic heterocycles. The van der Waals surface area contributed by atoms with Gasteiger partial charge in [0.15, 0.2) is 0 Å². The molecule has 0 saturated carbocycles. The lowest BCUT2D eigenvalue weighted by atomic mass is 10.0. The molecule has 6 N–H and O–H groups in total. The SMILES string of the molecule is CC(C)NC(=O)C(CCCNC(N)=O)NC(=O)C(NC(C)C)C(C)C. The third kappa shape index (κ3) is 10.6. The molecule has 0 aliphatic carbocycles. The van der Waals surface area contributed by atoms with Crippen molar-refractivity contribution in [2.24, 2.45) is 11.7 Å². The minimum absolute atomic E-state index is 0.0228. The van der Waals surface area contributed by atoms with Crippen molar-refractivity contribution < 1.29 is 14.4 Å². The van der Waals surface area contributed by atoms with Crippen molar-refractivity contribution in [2.45, 2.75) is 78.6 Å². The summed E-state index contributed by atoms with van der Waals surface area (Å²) in [5, 5.41) is 11.4. The summed E-state index contributed by atoms with van der Waals surface area (Å²) in [6, 6.07) is -1.50. The Labute approximate surface area is 151 Å². The van der Waals surface area contributed by atoms with Crippen LogP contribution in [0, 0.1) is 5.92 Å². The van der Waals surface area contributed by atoms with Crippen molar-refractivity contribution in [3.8, 4) is 0 Å². The van der Waals surface area contributed by atoms with Crippen molar-refractivity contribution in [2.75, 3.05) is 6.54 Å². The summed E-state index contributed by atoms with van der Waals surface area (Å²) in [5.74, 6) is -0.335. The normalized spacial score (nSPS) is 13.6. The van der Waals surface area contributed by atoms with Gasteiger partial charge in [-0.05, 0) is 32.6 Å². The van der Waals surface area contributed by atoms with Crippen LogP contribution in [0.4, 0.5) is 4.79 Å². The number of carbonyl (C=O) groups excluding carboxylic acids is 3. The molecule has 0 aromatic rings. The molecular formula is C17H35N5O3. The van der Waals surface area contributed by atoms with Crippen LogP contribution in [0.25, 0.3) is 0 Å². The summed E-state index contributed by atoms with van der Waals surface area (Å²) in [6.45, 7) is 11.9. The van der Waals surface area contributed by atoms with E-state index in [2.05, 4.69) is 21.3 Å². The second kappa shape index (κ2) is 11.7. The molecule has 146 valence electrons. The van der Waals surface area contributed by atoms with E-state index in [0.29, 0.717) is 19.4 Å². The van der Waals surface area contributed by atoms with Crippen LogP contribution in [0.5, 0.6) is 0 Å². The average molecular weight is 357 g/mol. The zero-order valence-corrected chi connectivity index (χ0v) is 16.3. The van der Waals surface area contributed by atoms with Gasteiger partial charge in [0, 0.05) is 18.6 Å². The molecule has 2 atom stereocenters. The topological polar surface area (TPSA) is 125 Å². The maximum absolute atomic E-state index is 12.6. The summed E-state index contributed by atoms with van der Waals surface area (Å²) in [5.41, 5.74) is 5.03. The third-order valence-electron chi connectivity index (χ3n) is 3.49. The maximum Gasteiger partial charge on any atom is 0.312 e. The summed E-state index contributed by atoms with van der Waals surface area (Å²) in [7, 11) is 0. The average Bonchev–Trinajstić information content (AvgIpc) is 2.46. The highest BCUT2D eigenvalue weighted by Crippen LogP contribution is 2.06. The van der Waals surface area contributed by atoms with Crippen molar-refractivity contribution in [3.63, 3.8) is 0 Å². The molecule has 0 radical (unpaired) electrons. The quantitative estimate of drug-likeness (QED) is 0.345. The lowest BCUT2D eigenvalue weighted by Gasteiger charge is -2.27. The molecule has 4 amide bonds. The molecule has 0 spiro atoms. The monoisotopic (exact) mass is 357 g/mol. The maximum atomic E-state index is 12.6. The fourth-order valence-corrected chi connectivity index (χ4v) is 2.36. The third-order valence-corrected chi connectivity index (χ3v) is 3.49. The number of hydrogen-bond donors (Lipinski definition) is 5. The number of carbonyl (C=O) groups is 3. The molecule has 0 fully saturated rings. The van der Waals surface area contributed by atoms with Gasteiger partial charge < -0.3 is 27.0 Å². The molecule has 0 bridgehead atoms. The lowest BCUT2D eigenvalue weighted by Crippen LogP contribution is -2.56. The fraction of sp³-hybridized carbons (Fsp3) is 0.824. The zero-order valence-electron chi connectivity index (χ0n) is 16.3. The molecule has 8 nitrogen and oxygen atoms in total. The van der Waals surface area contributed by atoms with Gasteiger partial charge >= 0.3 is 6.03 Å². The Morgan fingerprint density at radius 2 is 1.48 bits per heavy atom. The van der Waals surface area contributed by atoms with Gasteiger partial charge in [-0.15, -0.1) is 0 Å². The van der Waals surface area contributed by atoms with Crippen LogP contribution in [0.1, 0.15) is 54.4 Å².